The molecule has 0 aliphatic rings. The average Bonchev–Trinajstić information content (AvgIpc) is 2.21. The first-order valence-electron chi connectivity index (χ1n) is 5.42. The second-order valence-corrected chi connectivity index (χ2v) is 3.18. The van der Waals surface area contributed by atoms with Gasteiger partial charge in [0, 0.05) is 13.2 Å². The van der Waals surface area contributed by atoms with Gasteiger partial charge in [0.1, 0.15) is 0 Å². The Hall–Kier alpha value is -0.160. The van der Waals surface area contributed by atoms with Crippen LogP contribution in [0.1, 0.15) is 19.3 Å². The van der Waals surface area contributed by atoms with Crippen LogP contribution in [0.2, 0.25) is 0 Å². The molecule has 0 rings (SSSR count). The van der Waals surface area contributed by atoms with E-state index in [1.165, 1.54) is 12.8 Å². The van der Waals surface area contributed by atoms with Crippen molar-refractivity contribution < 1.29 is 9.47 Å². The predicted molar refractivity (Wildman–Crippen MR) is 58.5 cm³/mol. The molecule has 0 aliphatic heterocycles. The van der Waals surface area contributed by atoms with Gasteiger partial charge in [0.05, 0.1) is 19.8 Å². The normalized spacial score (nSPS) is 10.7. The van der Waals surface area contributed by atoms with Crippen LogP contribution < -0.4 is 11.1 Å². The standard InChI is InChI=1S/C10H24N2O2/c1-12-6-3-2-4-7-13-9-10-14-8-5-11/h12H,2-11H2,1H3. The van der Waals surface area contributed by atoms with Crippen LogP contribution in [-0.2, 0) is 9.47 Å². The van der Waals surface area contributed by atoms with Gasteiger partial charge in [0.15, 0.2) is 0 Å². The van der Waals surface area contributed by atoms with Crippen LogP contribution in [0.25, 0.3) is 0 Å². The van der Waals surface area contributed by atoms with Crippen LogP contribution >= 0.6 is 0 Å². The van der Waals surface area contributed by atoms with Gasteiger partial charge in [0.25, 0.3) is 0 Å². The Kier molecular flexibility index (Phi) is 12.7. The number of unbranched alkanes of at least 4 members (excludes halogenated alkanes) is 2. The molecule has 4 heteroatoms. The maximum Gasteiger partial charge on any atom is 0.0701 e. The summed E-state index contributed by atoms with van der Waals surface area (Å²) >= 11 is 0. The van der Waals surface area contributed by atoms with E-state index >= 15 is 0 Å². The highest BCUT2D eigenvalue weighted by Crippen LogP contribution is 1.94. The van der Waals surface area contributed by atoms with Gasteiger partial charge in [-0.15, -0.1) is 0 Å². The molecule has 0 fully saturated rings. The number of hydrogen-bond donors (Lipinski definition) is 2. The molecule has 0 spiro atoms. The van der Waals surface area contributed by atoms with E-state index in [9.17, 15) is 0 Å². The van der Waals surface area contributed by atoms with Gasteiger partial charge in [-0.05, 0) is 32.9 Å². The molecule has 0 bridgehead atoms. The number of nitrogens with two attached hydrogens (primary N) is 1. The predicted octanol–water partition coefficient (Wildman–Crippen LogP) is 0.368. The molecule has 0 aromatic rings. The van der Waals surface area contributed by atoms with Crippen molar-refractivity contribution in [2.24, 2.45) is 5.73 Å². The van der Waals surface area contributed by atoms with Crippen molar-refractivity contribution in [1.29, 1.82) is 0 Å². The lowest BCUT2D eigenvalue weighted by molar-refractivity contribution is 0.0492. The minimum Gasteiger partial charge on any atom is -0.379 e. The van der Waals surface area contributed by atoms with Gasteiger partial charge in [-0.25, -0.2) is 0 Å². The zero-order valence-electron chi connectivity index (χ0n) is 9.26. The van der Waals surface area contributed by atoms with E-state index in [2.05, 4.69) is 5.32 Å². The molecule has 0 saturated heterocycles. The molecule has 14 heavy (non-hydrogen) atoms. The lowest BCUT2D eigenvalue weighted by Crippen LogP contribution is -2.12. The first-order chi connectivity index (χ1) is 6.91. The van der Waals surface area contributed by atoms with Crippen LogP contribution in [0.15, 0.2) is 0 Å². The maximum absolute atomic E-state index is 5.37. The first kappa shape index (κ1) is 13.8. The number of nitrogens with one attached hydrogen (secondary N) is 1. The van der Waals surface area contributed by atoms with Crippen LogP contribution in [-0.4, -0.2) is 46.6 Å². The van der Waals surface area contributed by atoms with Crippen molar-refractivity contribution in [2.45, 2.75) is 19.3 Å². The van der Waals surface area contributed by atoms with E-state index < -0.39 is 0 Å². The largest absolute Gasteiger partial charge is 0.379 e. The Morgan fingerprint density at radius 2 is 1.64 bits per heavy atom. The van der Waals surface area contributed by atoms with E-state index in [0.29, 0.717) is 26.4 Å². The number of hydrogen-bond acceptors (Lipinski definition) is 4. The molecule has 0 aromatic carbocycles. The molecular formula is C10H24N2O2. The smallest absolute Gasteiger partial charge is 0.0701 e. The molecule has 4 nitrogen and oxygen atoms in total. The molecular weight excluding hydrogens is 180 g/mol. The van der Waals surface area contributed by atoms with Crippen molar-refractivity contribution in [2.75, 3.05) is 46.6 Å². The summed E-state index contributed by atoms with van der Waals surface area (Å²) in [6.45, 7) is 4.50. The third-order valence-electron chi connectivity index (χ3n) is 1.85. The topological polar surface area (TPSA) is 56.5 Å². The highest BCUT2D eigenvalue weighted by molar-refractivity contribution is 4.43. The zero-order chi connectivity index (χ0) is 10.5. The second-order valence-electron chi connectivity index (χ2n) is 3.18. The maximum atomic E-state index is 5.37. The van der Waals surface area contributed by atoms with Gasteiger partial charge in [-0.3, -0.25) is 0 Å². The highest BCUT2D eigenvalue weighted by Gasteiger charge is 1.90. The van der Waals surface area contributed by atoms with Crippen LogP contribution in [0, 0.1) is 0 Å². The third-order valence-corrected chi connectivity index (χ3v) is 1.85. The Bertz CT molecular complexity index is 90.1. The highest BCUT2D eigenvalue weighted by atomic mass is 16.5. The van der Waals surface area contributed by atoms with Gasteiger partial charge in [-0.1, -0.05) is 0 Å². The fraction of sp³-hybridized carbons (Fsp3) is 1.00. The fourth-order valence-corrected chi connectivity index (χ4v) is 1.09. The molecule has 0 heterocycles. The molecule has 0 amide bonds. The summed E-state index contributed by atoms with van der Waals surface area (Å²) in [5.74, 6) is 0. The molecule has 0 atom stereocenters. The van der Waals surface area contributed by atoms with Crippen LogP contribution in [0.5, 0.6) is 0 Å². The van der Waals surface area contributed by atoms with E-state index in [4.69, 9.17) is 15.2 Å². The summed E-state index contributed by atoms with van der Waals surface area (Å²) in [6, 6.07) is 0. The Labute approximate surface area is 87.1 Å². The minimum atomic E-state index is 0.587. The lowest BCUT2D eigenvalue weighted by Gasteiger charge is -2.04. The number of ether oxygens (including phenoxy) is 2. The number of rotatable bonds is 11. The Morgan fingerprint density at radius 1 is 0.929 bits per heavy atom. The van der Waals surface area contributed by atoms with Crippen LogP contribution in [0.3, 0.4) is 0 Å². The van der Waals surface area contributed by atoms with Crippen LogP contribution in [0.4, 0.5) is 0 Å². The van der Waals surface area contributed by atoms with Gasteiger partial charge < -0.3 is 20.5 Å². The van der Waals surface area contributed by atoms with E-state index in [1.54, 1.807) is 0 Å². The van der Waals surface area contributed by atoms with Crippen molar-refractivity contribution in [3.63, 3.8) is 0 Å². The molecule has 3 N–H and O–H groups in total. The van der Waals surface area contributed by atoms with Gasteiger partial charge in [0.2, 0.25) is 0 Å². The van der Waals surface area contributed by atoms with Crippen molar-refractivity contribution in [3.05, 3.63) is 0 Å². The summed E-state index contributed by atoms with van der Waals surface area (Å²) in [6.07, 6.45) is 3.59. The van der Waals surface area contributed by atoms with Crippen molar-refractivity contribution >= 4 is 0 Å². The zero-order valence-corrected chi connectivity index (χ0v) is 9.26. The summed E-state index contributed by atoms with van der Waals surface area (Å²) in [7, 11) is 1.98. The molecule has 0 saturated carbocycles. The van der Waals surface area contributed by atoms with E-state index in [-0.39, 0.29) is 0 Å². The van der Waals surface area contributed by atoms with Gasteiger partial charge in [-0.2, -0.15) is 0 Å². The summed E-state index contributed by atoms with van der Waals surface area (Å²) in [4.78, 5) is 0. The Morgan fingerprint density at radius 3 is 2.29 bits per heavy atom. The summed E-state index contributed by atoms with van der Waals surface area (Å²) < 4.78 is 10.5. The lowest BCUT2D eigenvalue weighted by atomic mass is 10.2. The molecule has 0 unspecified atom stereocenters. The molecule has 0 aliphatic carbocycles. The third kappa shape index (κ3) is 11.8. The van der Waals surface area contributed by atoms with Gasteiger partial charge >= 0.3 is 0 Å². The fourth-order valence-electron chi connectivity index (χ4n) is 1.09. The van der Waals surface area contributed by atoms with E-state index in [1.807, 2.05) is 7.05 Å². The summed E-state index contributed by atoms with van der Waals surface area (Å²) in [5, 5.41) is 3.12. The Balaban J connectivity index is 2.78. The molecule has 0 radical (unpaired) electrons. The second kappa shape index (κ2) is 12.8. The van der Waals surface area contributed by atoms with E-state index in [0.717, 1.165) is 19.6 Å². The van der Waals surface area contributed by atoms with Crippen molar-refractivity contribution in [1.82, 2.24) is 5.32 Å². The quantitative estimate of drug-likeness (QED) is 0.477. The monoisotopic (exact) mass is 204 g/mol. The minimum absolute atomic E-state index is 0.587. The first-order valence-corrected chi connectivity index (χ1v) is 5.42. The summed E-state index contributed by atoms with van der Waals surface area (Å²) in [5.41, 5.74) is 5.27. The molecule has 0 aromatic heterocycles. The SMILES string of the molecule is CNCCCCCOCCOCCN. The van der Waals surface area contributed by atoms with Crippen molar-refractivity contribution in [3.8, 4) is 0 Å². The average molecular weight is 204 g/mol. The molecule has 86 valence electrons.